The van der Waals surface area contributed by atoms with Gasteiger partial charge in [-0.3, -0.25) is 10.1 Å². The molecular weight excluding hydrogens is 250 g/mol. The molecule has 0 unspecified atom stereocenters. The maximum atomic E-state index is 11.2. The monoisotopic (exact) mass is 263 g/mol. The van der Waals surface area contributed by atoms with Crippen molar-refractivity contribution in [1.82, 2.24) is 9.55 Å². The van der Waals surface area contributed by atoms with Crippen LogP contribution in [-0.4, -0.2) is 25.6 Å². The molecule has 0 aromatic carbocycles. The van der Waals surface area contributed by atoms with E-state index in [2.05, 4.69) is 4.98 Å². The molecule has 0 saturated heterocycles. The fourth-order valence-corrected chi connectivity index (χ4v) is 1.88. The Morgan fingerprint density at radius 3 is 2.58 bits per heavy atom. The normalized spacial score (nSPS) is 11.7. The Morgan fingerprint density at radius 2 is 2.11 bits per heavy atom. The molecule has 19 heavy (non-hydrogen) atoms. The second-order valence-electron chi connectivity index (χ2n) is 5.21. The van der Waals surface area contributed by atoms with Gasteiger partial charge in [-0.15, -0.1) is 0 Å². The van der Waals surface area contributed by atoms with E-state index < -0.39 is 10.9 Å². The highest BCUT2D eigenvalue weighted by Crippen LogP contribution is 2.28. The maximum Gasteiger partial charge on any atom is 0.337 e. The molecule has 2 aromatic heterocycles. The summed E-state index contributed by atoms with van der Waals surface area (Å²) in [5.74, 6) is -1.13. The van der Waals surface area contributed by atoms with Crippen LogP contribution in [0.25, 0.3) is 11.0 Å². The van der Waals surface area contributed by atoms with E-state index in [1.807, 2.05) is 20.8 Å². The molecule has 100 valence electrons. The average molecular weight is 263 g/mol. The Kier molecular flexibility index (Phi) is 2.77. The van der Waals surface area contributed by atoms with Crippen molar-refractivity contribution in [2.75, 3.05) is 0 Å². The summed E-state index contributed by atoms with van der Waals surface area (Å²) < 4.78 is 1.70. The summed E-state index contributed by atoms with van der Waals surface area (Å²) in [4.78, 5) is 25.4. The second kappa shape index (κ2) is 4.04. The van der Waals surface area contributed by atoms with Crippen molar-refractivity contribution in [2.45, 2.75) is 26.3 Å². The van der Waals surface area contributed by atoms with Gasteiger partial charge in [0.15, 0.2) is 0 Å². The molecule has 0 aliphatic rings. The summed E-state index contributed by atoms with van der Waals surface area (Å²) >= 11 is 0. The van der Waals surface area contributed by atoms with E-state index in [-0.39, 0.29) is 22.2 Å². The molecule has 0 saturated carbocycles. The third-order valence-corrected chi connectivity index (χ3v) is 2.79. The highest BCUT2D eigenvalue weighted by atomic mass is 16.6. The van der Waals surface area contributed by atoms with Crippen LogP contribution in [0.1, 0.15) is 31.1 Å². The first-order valence-corrected chi connectivity index (χ1v) is 5.61. The molecule has 0 bridgehead atoms. The fraction of sp³-hybridized carbons (Fsp3) is 0.333. The van der Waals surface area contributed by atoms with Crippen LogP contribution in [0.15, 0.2) is 18.5 Å². The minimum absolute atomic E-state index is 0.0149. The van der Waals surface area contributed by atoms with Crippen LogP contribution in [0.2, 0.25) is 0 Å². The minimum Gasteiger partial charge on any atom is -0.478 e. The van der Waals surface area contributed by atoms with E-state index in [4.69, 9.17) is 0 Å². The molecule has 0 amide bonds. The number of carboxylic acid groups (broad SMARTS) is 1. The van der Waals surface area contributed by atoms with Gasteiger partial charge in [-0.05, 0) is 20.8 Å². The van der Waals surface area contributed by atoms with E-state index in [0.717, 1.165) is 6.20 Å². The van der Waals surface area contributed by atoms with Gasteiger partial charge < -0.3 is 9.67 Å². The molecule has 2 aromatic rings. The molecule has 1 N–H and O–H groups in total. The SMILES string of the molecule is CC(C)(C)n1cc(C(=O)O)c2cc([N+](=O)[O-])cnc21. The van der Waals surface area contributed by atoms with E-state index in [0.29, 0.717) is 5.65 Å². The summed E-state index contributed by atoms with van der Waals surface area (Å²) in [5, 5.41) is 20.2. The maximum absolute atomic E-state index is 11.2. The quantitative estimate of drug-likeness (QED) is 0.662. The molecule has 7 heteroatoms. The van der Waals surface area contributed by atoms with Crippen LogP contribution >= 0.6 is 0 Å². The van der Waals surface area contributed by atoms with Crippen molar-refractivity contribution < 1.29 is 14.8 Å². The Hall–Kier alpha value is -2.44. The Morgan fingerprint density at radius 1 is 1.47 bits per heavy atom. The third kappa shape index (κ3) is 2.14. The Balaban J connectivity index is 2.83. The van der Waals surface area contributed by atoms with E-state index >= 15 is 0 Å². The van der Waals surface area contributed by atoms with E-state index in [9.17, 15) is 20.0 Å². The van der Waals surface area contributed by atoms with E-state index in [1.54, 1.807) is 4.57 Å². The lowest BCUT2D eigenvalue weighted by atomic mass is 10.1. The van der Waals surface area contributed by atoms with Crippen molar-refractivity contribution in [3.05, 3.63) is 34.1 Å². The lowest BCUT2D eigenvalue weighted by Gasteiger charge is -2.21. The Bertz CT molecular complexity index is 682. The number of nitro groups is 1. The van der Waals surface area contributed by atoms with Crippen molar-refractivity contribution in [3.63, 3.8) is 0 Å². The van der Waals surface area contributed by atoms with Crippen molar-refractivity contribution in [3.8, 4) is 0 Å². The van der Waals surface area contributed by atoms with Gasteiger partial charge in [-0.2, -0.15) is 0 Å². The smallest absolute Gasteiger partial charge is 0.337 e. The van der Waals surface area contributed by atoms with Crippen LogP contribution in [-0.2, 0) is 5.54 Å². The largest absolute Gasteiger partial charge is 0.478 e. The number of aromatic carboxylic acids is 1. The zero-order valence-electron chi connectivity index (χ0n) is 10.7. The van der Waals surface area contributed by atoms with Crippen LogP contribution in [0.3, 0.4) is 0 Å². The highest BCUT2D eigenvalue weighted by molar-refractivity contribution is 6.03. The van der Waals surface area contributed by atoms with Gasteiger partial charge in [0.05, 0.1) is 10.5 Å². The number of fused-ring (bicyclic) bond motifs is 1. The lowest BCUT2D eigenvalue weighted by molar-refractivity contribution is -0.385. The average Bonchev–Trinajstić information content (AvgIpc) is 2.66. The number of pyridine rings is 1. The Labute approximate surface area is 108 Å². The molecule has 0 aliphatic heterocycles. The van der Waals surface area contributed by atoms with Crippen LogP contribution < -0.4 is 0 Å². The fourth-order valence-electron chi connectivity index (χ4n) is 1.88. The summed E-state index contributed by atoms with van der Waals surface area (Å²) in [5.41, 5.74) is -0.145. The first kappa shape index (κ1) is 13.0. The zero-order valence-corrected chi connectivity index (χ0v) is 10.7. The predicted molar refractivity (Wildman–Crippen MR) is 68.3 cm³/mol. The highest BCUT2D eigenvalue weighted by Gasteiger charge is 2.23. The number of rotatable bonds is 2. The number of carbonyl (C=O) groups is 1. The van der Waals surface area contributed by atoms with Crippen LogP contribution in [0.5, 0.6) is 0 Å². The van der Waals surface area contributed by atoms with Crippen LogP contribution in [0, 0.1) is 10.1 Å². The standard InChI is InChI=1S/C12H13N3O4/c1-12(2,3)14-6-9(11(16)17)8-4-7(15(18)19)5-13-10(8)14/h4-6H,1-3H3,(H,16,17). The molecule has 0 aliphatic carbocycles. The van der Waals surface area contributed by atoms with Gasteiger partial charge in [0, 0.05) is 23.2 Å². The van der Waals surface area contributed by atoms with Gasteiger partial charge >= 0.3 is 5.97 Å². The minimum atomic E-state index is -1.13. The van der Waals surface area contributed by atoms with E-state index in [1.165, 1.54) is 12.3 Å². The lowest BCUT2D eigenvalue weighted by Crippen LogP contribution is -2.21. The van der Waals surface area contributed by atoms with Gasteiger partial charge in [-0.1, -0.05) is 0 Å². The van der Waals surface area contributed by atoms with Gasteiger partial charge in [-0.25, -0.2) is 9.78 Å². The van der Waals surface area contributed by atoms with Gasteiger partial charge in [0.25, 0.3) is 5.69 Å². The van der Waals surface area contributed by atoms with Gasteiger partial charge in [0.1, 0.15) is 11.8 Å². The molecule has 2 heterocycles. The molecule has 0 spiro atoms. The number of aromatic nitrogens is 2. The van der Waals surface area contributed by atoms with Gasteiger partial charge in [0.2, 0.25) is 0 Å². The van der Waals surface area contributed by atoms with Crippen molar-refractivity contribution in [1.29, 1.82) is 0 Å². The molecular formula is C12H13N3O4. The third-order valence-electron chi connectivity index (χ3n) is 2.79. The first-order chi connectivity index (χ1) is 8.71. The second-order valence-corrected chi connectivity index (χ2v) is 5.21. The molecule has 0 fully saturated rings. The van der Waals surface area contributed by atoms with Crippen LogP contribution in [0.4, 0.5) is 5.69 Å². The molecule has 7 nitrogen and oxygen atoms in total. The zero-order chi connectivity index (χ0) is 14.4. The molecule has 2 rings (SSSR count). The summed E-state index contributed by atoms with van der Waals surface area (Å²) in [7, 11) is 0. The van der Waals surface area contributed by atoms with Crippen molar-refractivity contribution >= 4 is 22.7 Å². The van der Waals surface area contributed by atoms with Crippen molar-refractivity contribution in [2.24, 2.45) is 0 Å². The number of carboxylic acids is 1. The topological polar surface area (TPSA) is 98.3 Å². The molecule has 0 radical (unpaired) electrons. The summed E-state index contributed by atoms with van der Waals surface area (Å²) in [6.45, 7) is 5.71. The summed E-state index contributed by atoms with van der Waals surface area (Å²) in [6.07, 6.45) is 2.60. The molecule has 0 atom stereocenters. The number of hydrogen-bond donors (Lipinski definition) is 1. The number of hydrogen-bond acceptors (Lipinski definition) is 4. The predicted octanol–water partition coefficient (Wildman–Crippen LogP) is 2.40. The number of nitrogens with zero attached hydrogens (tertiary/aromatic N) is 3. The summed E-state index contributed by atoms with van der Waals surface area (Å²) in [6, 6.07) is 1.24. The first-order valence-electron chi connectivity index (χ1n) is 5.61.